The Hall–Kier alpha value is -1.56. The van der Waals surface area contributed by atoms with Crippen LogP contribution in [0.5, 0.6) is 0 Å². The molecule has 0 aromatic heterocycles. The van der Waals surface area contributed by atoms with Crippen molar-refractivity contribution >= 4 is 33.4 Å². The summed E-state index contributed by atoms with van der Waals surface area (Å²) in [5.41, 5.74) is 8.14. The molecule has 1 rings (SSSR count). The second kappa shape index (κ2) is 5.86. The molecule has 1 unspecified atom stereocenters. The smallest absolute Gasteiger partial charge is 0.234 e. The number of nitrogens with one attached hydrogen (secondary N) is 1. The Morgan fingerprint density at radius 3 is 2.39 bits per heavy atom. The van der Waals surface area contributed by atoms with Crippen LogP contribution in [0.3, 0.4) is 0 Å². The number of nitrogens with zero attached hydrogens (tertiary/aromatic N) is 1. The van der Waals surface area contributed by atoms with Crippen LogP contribution in [0.1, 0.15) is 18.1 Å². The first-order chi connectivity index (χ1) is 8.36. The molecule has 1 amide bonds. The summed E-state index contributed by atoms with van der Waals surface area (Å²) in [7, 11) is 0. The molecule has 0 aliphatic rings. The molecule has 98 valence electrons. The van der Waals surface area contributed by atoms with Crippen molar-refractivity contribution in [2.45, 2.75) is 20.8 Å². The largest absolute Gasteiger partial charge is 0.409 e. The van der Waals surface area contributed by atoms with Gasteiger partial charge in [-0.2, -0.15) is 0 Å². The molecule has 0 bridgehead atoms. The Morgan fingerprint density at radius 2 is 1.94 bits per heavy atom. The van der Waals surface area contributed by atoms with Crippen molar-refractivity contribution in [1.29, 1.82) is 0 Å². The minimum atomic E-state index is -0.681. The van der Waals surface area contributed by atoms with Crippen LogP contribution in [0, 0.1) is 19.8 Å². The van der Waals surface area contributed by atoms with Crippen molar-refractivity contribution in [3.8, 4) is 0 Å². The third kappa shape index (κ3) is 3.22. The Labute approximate surface area is 114 Å². The highest BCUT2D eigenvalue weighted by molar-refractivity contribution is 9.10. The van der Waals surface area contributed by atoms with E-state index in [4.69, 9.17) is 10.9 Å². The fourth-order valence-electron chi connectivity index (χ4n) is 1.49. The SMILES string of the molecule is Cc1cc(NC(=O)C(C)/C(N)=N/O)cc(C)c1Br. The number of anilines is 1. The van der Waals surface area contributed by atoms with Gasteiger partial charge in [0.25, 0.3) is 0 Å². The standard InChI is InChI=1S/C12H16BrN3O2/c1-6-4-9(5-7(2)10(6)13)15-12(17)8(3)11(14)16-18/h4-5,8,18H,1-3H3,(H2,14,16)(H,15,17). The summed E-state index contributed by atoms with van der Waals surface area (Å²) in [6, 6.07) is 3.71. The molecule has 0 spiro atoms. The average molecular weight is 314 g/mol. The van der Waals surface area contributed by atoms with Gasteiger partial charge in [-0.3, -0.25) is 4.79 Å². The second-order valence-corrected chi connectivity index (χ2v) is 4.95. The van der Waals surface area contributed by atoms with Crippen LogP contribution in [-0.4, -0.2) is 17.0 Å². The minimum absolute atomic E-state index is 0.113. The van der Waals surface area contributed by atoms with Gasteiger partial charge in [-0.1, -0.05) is 21.1 Å². The number of hydrogen-bond donors (Lipinski definition) is 3. The number of carbonyl (C=O) groups is 1. The number of nitrogens with two attached hydrogens (primary N) is 1. The summed E-state index contributed by atoms with van der Waals surface area (Å²) in [5.74, 6) is -1.11. The van der Waals surface area contributed by atoms with E-state index in [1.54, 1.807) is 6.92 Å². The normalized spacial score (nSPS) is 13.2. The van der Waals surface area contributed by atoms with Crippen molar-refractivity contribution in [3.63, 3.8) is 0 Å². The van der Waals surface area contributed by atoms with Crippen LogP contribution in [0.4, 0.5) is 5.69 Å². The van der Waals surface area contributed by atoms with Crippen molar-refractivity contribution in [2.24, 2.45) is 16.8 Å². The topological polar surface area (TPSA) is 87.7 Å². The van der Waals surface area contributed by atoms with E-state index in [1.165, 1.54) is 0 Å². The first-order valence-electron chi connectivity index (χ1n) is 5.41. The van der Waals surface area contributed by atoms with Gasteiger partial charge < -0.3 is 16.3 Å². The second-order valence-electron chi connectivity index (χ2n) is 4.16. The fraction of sp³-hybridized carbons (Fsp3) is 0.333. The van der Waals surface area contributed by atoms with Gasteiger partial charge in [0.1, 0.15) is 0 Å². The van der Waals surface area contributed by atoms with Crippen molar-refractivity contribution in [2.75, 3.05) is 5.32 Å². The molecular weight excluding hydrogens is 298 g/mol. The molecule has 1 aromatic carbocycles. The zero-order valence-corrected chi connectivity index (χ0v) is 12.1. The lowest BCUT2D eigenvalue weighted by molar-refractivity contribution is -0.117. The van der Waals surface area contributed by atoms with Crippen LogP contribution in [-0.2, 0) is 4.79 Å². The molecular formula is C12H16BrN3O2. The van der Waals surface area contributed by atoms with E-state index in [0.717, 1.165) is 15.6 Å². The van der Waals surface area contributed by atoms with E-state index >= 15 is 0 Å². The number of aryl methyl sites for hydroxylation is 2. The molecule has 6 heteroatoms. The predicted molar refractivity (Wildman–Crippen MR) is 74.8 cm³/mol. The third-order valence-electron chi connectivity index (χ3n) is 2.66. The number of carbonyl (C=O) groups excluding carboxylic acids is 1. The third-order valence-corrected chi connectivity index (χ3v) is 3.91. The minimum Gasteiger partial charge on any atom is -0.409 e. The first-order valence-corrected chi connectivity index (χ1v) is 6.21. The van der Waals surface area contributed by atoms with Crippen molar-refractivity contribution in [1.82, 2.24) is 0 Å². The monoisotopic (exact) mass is 313 g/mol. The number of amides is 1. The number of halogens is 1. The molecule has 0 heterocycles. The highest BCUT2D eigenvalue weighted by Crippen LogP contribution is 2.25. The highest BCUT2D eigenvalue weighted by Gasteiger charge is 2.18. The molecule has 18 heavy (non-hydrogen) atoms. The molecule has 0 saturated heterocycles. The van der Waals surface area contributed by atoms with Gasteiger partial charge in [-0.15, -0.1) is 0 Å². The predicted octanol–water partition coefficient (Wildman–Crippen LogP) is 2.39. The van der Waals surface area contributed by atoms with Crippen LogP contribution >= 0.6 is 15.9 Å². The lowest BCUT2D eigenvalue weighted by Crippen LogP contribution is -2.32. The van der Waals surface area contributed by atoms with Gasteiger partial charge in [0.2, 0.25) is 5.91 Å². The van der Waals surface area contributed by atoms with Crippen molar-refractivity contribution < 1.29 is 10.0 Å². The maximum absolute atomic E-state index is 11.8. The van der Waals surface area contributed by atoms with Crippen LogP contribution < -0.4 is 11.1 Å². The van der Waals surface area contributed by atoms with E-state index in [-0.39, 0.29) is 11.7 Å². The van der Waals surface area contributed by atoms with E-state index in [1.807, 2.05) is 26.0 Å². The number of oxime groups is 1. The molecule has 4 N–H and O–H groups in total. The summed E-state index contributed by atoms with van der Waals surface area (Å²) < 4.78 is 1.02. The van der Waals surface area contributed by atoms with Crippen LogP contribution in [0.25, 0.3) is 0 Å². The van der Waals surface area contributed by atoms with Crippen molar-refractivity contribution in [3.05, 3.63) is 27.7 Å². The Bertz CT molecular complexity index is 477. The Balaban J connectivity index is 2.89. The molecule has 0 saturated carbocycles. The van der Waals surface area contributed by atoms with E-state index in [9.17, 15) is 4.79 Å². The molecule has 1 atom stereocenters. The Morgan fingerprint density at radius 1 is 1.44 bits per heavy atom. The molecule has 0 aliphatic heterocycles. The number of rotatable bonds is 3. The maximum atomic E-state index is 11.8. The van der Waals surface area contributed by atoms with Gasteiger partial charge >= 0.3 is 0 Å². The average Bonchev–Trinajstić information content (AvgIpc) is 2.33. The quantitative estimate of drug-likeness (QED) is 0.346. The summed E-state index contributed by atoms with van der Waals surface area (Å²) in [6.07, 6.45) is 0. The summed E-state index contributed by atoms with van der Waals surface area (Å²) in [5, 5.41) is 14.1. The zero-order valence-electron chi connectivity index (χ0n) is 10.5. The van der Waals surface area contributed by atoms with Gasteiger partial charge in [0, 0.05) is 10.2 Å². The van der Waals surface area contributed by atoms with E-state index in [0.29, 0.717) is 5.69 Å². The maximum Gasteiger partial charge on any atom is 0.234 e. The van der Waals surface area contributed by atoms with Crippen LogP contribution in [0.15, 0.2) is 21.8 Å². The van der Waals surface area contributed by atoms with E-state index < -0.39 is 5.92 Å². The summed E-state index contributed by atoms with van der Waals surface area (Å²) in [4.78, 5) is 11.8. The molecule has 0 fully saturated rings. The van der Waals surface area contributed by atoms with Gasteiger partial charge in [-0.05, 0) is 44.0 Å². The fourth-order valence-corrected chi connectivity index (χ4v) is 1.72. The molecule has 0 radical (unpaired) electrons. The Kier molecular flexibility index (Phi) is 4.72. The summed E-state index contributed by atoms with van der Waals surface area (Å²) in [6.45, 7) is 5.46. The highest BCUT2D eigenvalue weighted by atomic mass is 79.9. The number of amidine groups is 1. The first kappa shape index (κ1) is 14.5. The zero-order chi connectivity index (χ0) is 13.9. The molecule has 0 aliphatic carbocycles. The van der Waals surface area contributed by atoms with Gasteiger partial charge in [-0.25, -0.2) is 0 Å². The van der Waals surface area contributed by atoms with Gasteiger partial charge in [0.15, 0.2) is 5.84 Å². The number of benzene rings is 1. The lowest BCUT2D eigenvalue weighted by atomic mass is 10.1. The molecule has 1 aromatic rings. The van der Waals surface area contributed by atoms with E-state index in [2.05, 4.69) is 26.4 Å². The number of hydrogen-bond acceptors (Lipinski definition) is 3. The lowest BCUT2D eigenvalue weighted by Gasteiger charge is -2.13. The van der Waals surface area contributed by atoms with Gasteiger partial charge in [0.05, 0.1) is 5.92 Å². The molecule has 5 nitrogen and oxygen atoms in total. The van der Waals surface area contributed by atoms with Crippen LogP contribution in [0.2, 0.25) is 0 Å². The summed E-state index contributed by atoms with van der Waals surface area (Å²) >= 11 is 3.46.